The maximum absolute atomic E-state index is 12.8. The second kappa shape index (κ2) is 44.3. The summed E-state index contributed by atoms with van der Waals surface area (Å²) >= 11 is 0. The van der Waals surface area contributed by atoms with Gasteiger partial charge in [0.2, 0.25) is 0 Å². The Hall–Kier alpha value is -4.27. The summed E-state index contributed by atoms with van der Waals surface area (Å²) in [6, 6.07) is -0.744. The number of carboxylic acids is 1. The molecule has 0 bridgehead atoms. The Morgan fingerprint density at radius 3 is 1.24 bits per heavy atom. The number of quaternary nitrogens is 1. The number of unbranched alkanes of at least 4 members (excludes halogenated alkanes) is 7. The van der Waals surface area contributed by atoms with Gasteiger partial charge in [0.25, 0.3) is 0 Å². The number of esters is 2. The second-order valence-electron chi connectivity index (χ2n) is 16.6. The molecule has 0 spiro atoms. The average molecular weight is 874 g/mol. The zero-order chi connectivity index (χ0) is 46.3. The van der Waals surface area contributed by atoms with E-state index >= 15 is 0 Å². The van der Waals surface area contributed by atoms with Crippen LogP contribution in [-0.2, 0) is 28.6 Å². The topological polar surface area (TPSA) is 102 Å². The van der Waals surface area contributed by atoms with Gasteiger partial charge in [-0.3, -0.25) is 9.59 Å². The normalized spacial score (nSPS) is 14.0. The summed E-state index contributed by atoms with van der Waals surface area (Å²) in [7, 11) is 5.38. The molecule has 0 saturated heterocycles. The Kier molecular flexibility index (Phi) is 41.3. The minimum Gasteiger partial charge on any atom is -0.544 e. The van der Waals surface area contributed by atoms with Crippen molar-refractivity contribution in [1.82, 2.24) is 0 Å². The van der Waals surface area contributed by atoms with Gasteiger partial charge in [-0.1, -0.05) is 155 Å². The van der Waals surface area contributed by atoms with E-state index in [1.807, 2.05) is 0 Å². The molecule has 0 N–H and O–H groups in total. The zero-order valence-electron chi connectivity index (χ0n) is 40.2. The van der Waals surface area contributed by atoms with Crippen LogP contribution in [0.4, 0.5) is 0 Å². The van der Waals surface area contributed by atoms with Gasteiger partial charge < -0.3 is 28.6 Å². The molecule has 63 heavy (non-hydrogen) atoms. The SMILES string of the molecule is CC/C=C/C/C=C/C/C=C/C/C=C/C/C=C/C/C=C/CCCCCCC(=O)OC(COCCC(C(=O)[O-])[N+](C)(C)C)COC(=O)CCCCC/C=C/C/C=C/C/C=C/C/C=C/CC. The van der Waals surface area contributed by atoms with Crippen molar-refractivity contribution in [2.45, 2.75) is 167 Å². The number of hydrogen-bond donors (Lipinski definition) is 0. The Balaban J connectivity index is 4.43. The molecule has 0 fully saturated rings. The third kappa shape index (κ3) is 42.8. The quantitative estimate of drug-likeness (QED) is 0.0261. The fourth-order valence-electron chi connectivity index (χ4n) is 6.18. The number of carbonyl (C=O) groups is 3. The molecule has 0 amide bonds. The van der Waals surface area contributed by atoms with Gasteiger partial charge in [-0.15, -0.1) is 0 Å². The first kappa shape index (κ1) is 58.7. The van der Waals surface area contributed by atoms with Crippen LogP contribution in [0.2, 0.25) is 0 Å². The van der Waals surface area contributed by atoms with Crippen LogP contribution in [-0.4, -0.2) is 75.5 Å². The minimum atomic E-state index is -1.14. The molecule has 2 unspecified atom stereocenters. The van der Waals surface area contributed by atoms with Crippen molar-refractivity contribution in [3.8, 4) is 0 Å². The maximum atomic E-state index is 12.8. The highest BCUT2D eigenvalue weighted by molar-refractivity contribution is 5.70. The van der Waals surface area contributed by atoms with Crippen LogP contribution in [0.5, 0.6) is 0 Å². The van der Waals surface area contributed by atoms with E-state index in [9.17, 15) is 19.5 Å². The standard InChI is InChI=1S/C55H87NO7/c1-6-8-10-12-14-16-18-20-22-24-25-26-27-28-29-30-32-34-36-38-40-42-44-46-54(58)63-51(49-61-48-47-52(55(59)60)56(3,4)5)50-62-53(57)45-43-41-39-37-35-33-31-23-21-19-17-15-13-11-9-7-2/h8-11,14-17,20-23,25-26,28-29,32-35,51-52H,6-7,12-13,18-19,24,27,30-31,36-50H2,1-5H3/b10-8+,11-9+,16-14+,17-15+,22-20+,23-21+,26-25+,29-28+,34-32+,35-33+. The summed E-state index contributed by atoms with van der Waals surface area (Å²) < 4.78 is 17.1. The molecule has 0 aromatic rings. The summed E-state index contributed by atoms with van der Waals surface area (Å²) in [4.78, 5) is 37.0. The van der Waals surface area contributed by atoms with Crippen molar-refractivity contribution in [2.24, 2.45) is 0 Å². The van der Waals surface area contributed by atoms with Crippen molar-refractivity contribution in [1.29, 1.82) is 0 Å². The van der Waals surface area contributed by atoms with E-state index in [4.69, 9.17) is 14.2 Å². The first-order chi connectivity index (χ1) is 30.6. The van der Waals surface area contributed by atoms with Gasteiger partial charge in [0, 0.05) is 19.3 Å². The van der Waals surface area contributed by atoms with E-state index in [0.717, 1.165) is 116 Å². The van der Waals surface area contributed by atoms with E-state index in [1.165, 1.54) is 0 Å². The van der Waals surface area contributed by atoms with Crippen LogP contribution in [0.1, 0.15) is 155 Å². The molecule has 354 valence electrons. The molecule has 0 heterocycles. The molecule has 0 radical (unpaired) electrons. The predicted molar refractivity (Wildman–Crippen MR) is 263 cm³/mol. The predicted octanol–water partition coefficient (Wildman–Crippen LogP) is 12.5. The smallest absolute Gasteiger partial charge is 0.306 e. The van der Waals surface area contributed by atoms with Crippen LogP contribution >= 0.6 is 0 Å². The molecule has 0 rings (SSSR count). The van der Waals surface area contributed by atoms with Crippen LogP contribution in [0, 0.1) is 0 Å². The number of allylic oxidation sites excluding steroid dienone is 20. The Morgan fingerprint density at radius 1 is 0.476 bits per heavy atom. The van der Waals surface area contributed by atoms with E-state index < -0.39 is 18.1 Å². The van der Waals surface area contributed by atoms with Gasteiger partial charge >= 0.3 is 11.9 Å². The summed E-state index contributed by atoms with van der Waals surface area (Å²) in [6.07, 6.45) is 62.3. The molecular formula is C55H87NO7. The number of ether oxygens (including phenoxy) is 3. The molecule has 0 aliphatic rings. The number of carbonyl (C=O) groups excluding carboxylic acids is 3. The summed E-state index contributed by atoms with van der Waals surface area (Å²) in [5.74, 6) is -1.83. The lowest BCUT2D eigenvalue weighted by atomic mass is 10.1. The van der Waals surface area contributed by atoms with Gasteiger partial charge in [0.1, 0.15) is 12.6 Å². The molecule has 2 atom stereocenters. The second-order valence-corrected chi connectivity index (χ2v) is 16.6. The van der Waals surface area contributed by atoms with Crippen molar-refractivity contribution < 1.29 is 38.2 Å². The Morgan fingerprint density at radius 2 is 0.841 bits per heavy atom. The van der Waals surface area contributed by atoms with Crippen molar-refractivity contribution >= 4 is 17.9 Å². The third-order valence-corrected chi connectivity index (χ3v) is 9.84. The van der Waals surface area contributed by atoms with E-state index in [0.29, 0.717) is 12.8 Å². The van der Waals surface area contributed by atoms with Crippen LogP contribution in [0.15, 0.2) is 122 Å². The fraction of sp³-hybridized carbons (Fsp3) is 0.582. The van der Waals surface area contributed by atoms with E-state index in [-0.39, 0.29) is 49.1 Å². The summed E-state index contributed by atoms with van der Waals surface area (Å²) in [5, 5.41) is 11.7. The summed E-state index contributed by atoms with van der Waals surface area (Å²) in [6.45, 7) is 4.35. The molecule has 0 aliphatic carbocycles. The highest BCUT2D eigenvalue weighted by Gasteiger charge is 2.25. The lowest BCUT2D eigenvalue weighted by molar-refractivity contribution is -0.889. The first-order valence-electron chi connectivity index (χ1n) is 24.1. The minimum absolute atomic E-state index is 0.0107. The van der Waals surface area contributed by atoms with Crippen molar-refractivity contribution in [3.63, 3.8) is 0 Å². The van der Waals surface area contributed by atoms with Gasteiger partial charge in [0.15, 0.2) is 6.10 Å². The summed E-state index contributed by atoms with van der Waals surface area (Å²) in [5.41, 5.74) is 0. The van der Waals surface area contributed by atoms with Crippen molar-refractivity contribution in [3.05, 3.63) is 122 Å². The van der Waals surface area contributed by atoms with Crippen LogP contribution < -0.4 is 5.11 Å². The molecule has 0 aromatic carbocycles. The Labute approximate surface area is 384 Å². The highest BCUT2D eigenvalue weighted by atomic mass is 16.6. The molecule has 8 nitrogen and oxygen atoms in total. The molecule has 0 saturated carbocycles. The number of nitrogens with zero attached hydrogens (tertiary/aromatic N) is 1. The monoisotopic (exact) mass is 874 g/mol. The highest BCUT2D eigenvalue weighted by Crippen LogP contribution is 2.12. The Bertz CT molecular complexity index is 1440. The molecular weight excluding hydrogens is 787 g/mol. The lowest BCUT2D eigenvalue weighted by Gasteiger charge is -2.34. The largest absolute Gasteiger partial charge is 0.544 e. The van der Waals surface area contributed by atoms with E-state index in [1.54, 1.807) is 21.1 Å². The van der Waals surface area contributed by atoms with Gasteiger partial charge in [-0.05, 0) is 103 Å². The average Bonchev–Trinajstić information content (AvgIpc) is 3.24. The number of hydrogen-bond acceptors (Lipinski definition) is 7. The van der Waals surface area contributed by atoms with Gasteiger partial charge in [-0.25, -0.2) is 0 Å². The fourth-order valence-corrected chi connectivity index (χ4v) is 6.18. The molecule has 8 heteroatoms. The number of carboxylic acid groups (broad SMARTS) is 1. The third-order valence-electron chi connectivity index (χ3n) is 9.84. The number of aliphatic carboxylic acids is 1. The lowest BCUT2D eigenvalue weighted by Crippen LogP contribution is -2.55. The van der Waals surface area contributed by atoms with Crippen molar-refractivity contribution in [2.75, 3.05) is 41.0 Å². The number of rotatable bonds is 41. The maximum Gasteiger partial charge on any atom is 0.306 e. The molecule has 0 aromatic heterocycles. The van der Waals surface area contributed by atoms with Crippen LogP contribution in [0.25, 0.3) is 0 Å². The molecule has 0 aliphatic heterocycles. The first-order valence-corrected chi connectivity index (χ1v) is 24.1. The number of likely N-dealkylation sites (N-methyl/N-ethyl adjacent to an activating group) is 1. The van der Waals surface area contributed by atoms with E-state index in [2.05, 4.69) is 135 Å². The van der Waals surface area contributed by atoms with Crippen LogP contribution in [0.3, 0.4) is 0 Å². The van der Waals surface area contributed by atoms with Gasteiger partial charge in [0.05, 0.1) is 40.3 Å². The van der Waals surface area contributed by atoms with Gasteiger partial charge in [-0.2, -0.15) is 0 Å². The zero-order valence-corrected chi connectivity index (χ0v) is 40.2.